The third-order valence-corrected chi connectivity index (χ3v) is 6.69. The molecule has 160 valence electrons. The van der Waals surface area contributed by atoms with Crippen molar-refractivity contribution >= 4 is 17.5 Å². The molecule has 4 nitrogen and oxygen atoms in total. The Morgan fingerprint density at radius 3 is 2.57 bits per heavy atom. The lowest BCUT2D eigenvalue weighted by molar-refractivity contribution is -0.133. The van der Waals surface area contributed by atoms with Gasteiger partial charge in [0.2, 0.25) is 0 Å². The van der Waals surface area contributed by atoms with E-state index in [0.717, 1.165) is 57.4 Å². The van der Waals surface area contributed by atoms with Gasteiger partial charge in [0.05, 0.1) is 0 Å². The lowest BCUT2D eigenvalue weighted by Gasteiger charge is -2.38. The molecule has 6 heteroatoms. The predicted octanol–water partition coefficient (Wildman–Crippen LogP) is 4.91. The predicted molar refractivity (Wildman–Crippen MR) is 116 cm³/mol. The molecule has 2 heterocycles. The molecule has 0 N–H and O–H groups in total. The molecule has 0 bridgehead atoms. The van der Waals surface area contributed by atoms with Crippen LogP contribution >= 0.6 is 11.6 Å². The van der Waals surface area contributed by atoms with Crippen molar-refractivity contribution in [3.05, 3.63) is 64.9 Å². The molecular formula is C24H28ClFN2O2. The van der Waals surface area contributed by atoms with Crippen LogP contribution in [0.1, 0.15) is 37.7 Å². The number of halogens is 2. The lowest BCUT2D eigenvalue weighted by Crippen LogP contribution is -2.44. The summed E-state index contributed by atoms with van der Waals surface area (Å²) in [5, 5.41) is 0.596. The molecule has 0 aromatic heterocycles. The Kier molecular flexibility index (Phi) is 6.59. The summed E-state index contributed by atoms with van der Waals surface area (Å²) in [7, 11) is 0. The van der Waals surface area contributed by atoms with Gasteiger partial charge in [-0.05, 0) is 74.5 Å². The fraction of sp³-hybridized carbons (Fsp3) is 0.458. The minimum Gasteiger partial charge on any atom is -0.484 e. The number of rotatable bonds is 5. The minimum absolute atomic E-state index is 0.0232. The highest BCUT2D eigenvalue weighted by atomic mass is 35.5. The summed E-state index contributed by atoms with van der Waals surface area (Å²) in [5.41, 5.74) is 1.28. The summed E-state index contributed by atoms with van der Waals surface area (Å²) in [5.74, 6) is 0.442. The van der Waals surface area contributed by atoms with E-state index >= 15 is 0 Å². The average molecular weight is 431 g/mol. The van der Waals surface area contributed by atoms with Gasteiger partial charge in [-0.25, -0.2) is 4.39 Å². The Labute approximate surface area is 182 Å². The Balaban J connectivity index is 1.35. The maximum absolute atomic E-state index is 13.2. The summed E-state index contributed by atoms with van der Waals surface area (Å²) in [6.45, 7) is 3.45. The topological polar surface area (TPSA) is 32.8 Å². The van der Waals surface area contributed by atoms with E-state index in [1.165, 1.54) is 18.6 Å². The molecule has 1 amide bonds. The van der Waals surface area contributed by atoms with Crippen LogP contribution in [0.4, 0.5) is 4.39 Å². The fourth-order valence-corrected chi connectivity index (χ4v) is 5.02. The summed E-state index contributed by atoms with van der Waals surface area (Å²) in [6.07, 6.45) is 5.38. The zero-order chi connectivity index (χ0) is 21.0. The van der Waals surface area contributed by atoms with Crippen LogP contribution in [-0.4, -0.2) is 47.5 Å². The van der Waals surface area contributed by atoms with Crippen LogP contribution in [0.3, 0.4) is 0 Å². The van der Waals surface area contributed by atoms with Crippen molar-refractivity contribution in [1.82, 2.24) is 9.80 Å². The average Bonchev–Trinajstić information content (AvgIpc) is 2.98. The molecule has 1 spiro atoms. The van der Waals surface area contributed by atoms with E-state index in [4.69, 9.17) is 16.3 Å². The zero-order valence-corrected chi connectivity index (χ0v) is 17.9. The number of nitrogens with zero attached hydrogens (tertiary/aromatic N) is 2. The number of hydrogen-bond donors (Lipinski definition) is 0. The lowest BCUT2D eigenvalue weighted by atomic mass is 9.87. The highest BCUT2D eigenvalue weighted by Gasteiger charge is 2.42. The van der Waals surface area contributed by atoms with E-state index in [-0.39, 0.29) is 23.9 Å². The summed E-state index contributed by atoms with van der Waals surface area (Å²) < 4.78 is 18.9. The van der Waals surface area contributed by atoms with Gasteiger partial charge in [-0.3, -0.25) is 9.69 Å². The molecule has 30 heavy (non-hydrogen) atoms. The number of carbonyl (C=O) groups excluding carboxylic acids is 1. The van der Waals surface area contributed by atoms with Crippen molar-refractivity contribution in [2.45, 2.75) is 44.2 Å². The normalized spacial score (nSPS) is 22.3. The Morgan fingerprint density at radius 2 is 1.80 bits per heavy atom. The number of amides is 1. The van der Waals surface area contributed by atoms with Crippen LogP contribution in [0, 0.1) is 5.82 Å². The van der Waals surface area contributed by atoms with Crippen LogP contribution in [0.15, 0.2) is 48.5 Å². The Hall–Kier alpha value is -2.11. The first-order chi connectivity index (χ1) is 14.5. The summed E-state index contributed by atoms with van der Waals surface area (Å²) in [6, 6.07) is 13.9. The van der Waals surface area contributed by atoms with Crippen LogP contribution in [0.25, 0.3) is 0 Å². The standard InChI is InChI=1S/C24H28ClFN2O2/c25-20-4-1-5-22(16-20)30-18-23(29)27-13-2-10-24(12-15-27)11-3-14-28(24)17-19-6-8-21(26)9-7-19/h1,4-9,16H,2-3,10-15,17-18H2. The van der Waals surface area contributed by atoms with E-state index in [9.17, 15) is 9.18 Å². The molecular weight excluding hydrogens is 403 g/mol. The Morgan fingerprint density at radius 1 is 1.03 bits per heavy atom. The first kappa shape index (κ1) is 21.1. The second-order valence-electron chi connectivity index (χ2n) is 8.36. The molecule has 0 saturated carbocycles. The number of likely N-dealkylation sites (tertiary alicyclic amines) is 2. The van der Waals surface area contributed by atoms with E-state index in [2.05, 4.69) is 4.90 Å². The number of ether oxygens (including phenoxy) is 1. The van der Waals surface area contributed by atoms with Crippen LogP contribution < -0.4 is 4.74 Å². The van der Waals surface area contributed by atoms with Crippen LogP contribution in [0.5, 0.6) is 5.75 Å². The molecule has 2 aromatic carbocycles. The van der Waals surface area contributed by atoms with Gasteiger partial charge < -0.3 is 9.64 Å². The zero-order valence-electron chi connectivity index (χ0n) is 17.2. The largest absolute Gasteiger partial charge is 0.484 e. The summed E-state index contributed by atoms with van der Waals surface area (Å²) >= 11 is 5.98. The van der Waals surface area contributed by atoms with Crippen molar-refractivity contribution in [3.8, 4) is 5.75 Å². The molecule has 2 aliphatic rings. The van der Waals surface area contributed by atoms with E-state index in [1.807, 2.05) is 29.2 Å². The van der Waals surface area contributed by atoms with Crippen LogP contribution in [-0.2, 0) is 11.3 Å². The van der Waals surface area contributed by atoms with Crippen LogP contribution in [0.2, 0.25) is 5.02 Å². The van der Waals surface area contributed by atoms with Crippen molar-refractivity contribution in [2.75, 3.05) is 26.2 Å². The van der Waals surface area contributed by atoms with E-state index < -0.39 is 0 Å². The second kappa shape index (κ2) is 9.36. The first-order valence-corrected chi connectivity index (χ1v) is 11.1. The minimum atomic E-state index is -0.196. The van der Waals surface area contributed by atoms with Gasteiger partial charge in [0, 0.05) is 30.2 Å². The highest BCUT2D eigenvalue weighted by molar-refractivity contribution is 6.30. The van der Waals surface area contributed by atoms with Gasteiger partial charge in [0.15, 0.2) is 6.61 Å². The molecule has 0 radical (unpaired) electrons. The highest BCUT2D eigenvalue weighted by Crippen LogP contribution is 2.39. The molecule has 2 aliphatic heterocycles. The van der Waals surface area contributed by atoms with Crippen molar-refractivity contribution in [2.24, 2.45) is 0 Å². The molecule has 2 saturated heterocycles. The molecule has 2 aromatic rings. The van der Waals surface area contributed by atoms with Gasteiger partial charge in [-0.15, -0.1) is 0 Å². The second-order valence-corrected chi connectivity index (χ2v) is 8.79. The quantitative estimate of drug-likeness (QED) is 0.676. The molecule has 4 rings (SSSR count). The monoisotopic (exact) mass is 430 g/mol. The maximum Gasteiger partial charge on any atom is 0.260 e. The Bertz CT molecular complexity index is 876. The number of carbonyl (C=O) groups is 1. The summed E-state index contributed by atoms with van der Waals surface area (Å²) in [4.78, 5) is 17.2. The SMILES string of the molecule is O=C(COc1cccc(Cl)c1)N1CCCC2(CCCN2Cc2ccc(F)cc2)CC1. The number of benzene rings is 2. The van der Waals surface area contributed by atoms with Crippen molar-refractivity contribution in [1.29, 1.82) is 0 Å². The van der Waals surface area contributed by atoms with Gasteiger partial charge >= 0.3 is 0 Å². The van der Waals surface area contributed by atoms with Gasteiger partial charge in [0.1, 0.15) is 11.6 Å². The first-order valence-electron chi connectivity index (χ1n) is 10.7. The molecule has 2 fully saturated rings. The maximum atomic E-state index is 13.2. The van der Waals surface area contributed by atoms with Gasteiger partial charge in [-0.2, -0.15) is 0 Å². The number of hydrogen-bond acceptors (Lipinski definition) is 3. The molecule has 1 atom stereocenters. The van der Waals surface area contributed by atoms with E-state index in [1.54, 1.807) is 12.1 Å². The molecule has 1 unspecified atom stereocenters. The smallest absolute Gasteiger partial charge is 0.260 e. The van der Waals surface area contributed by atoms with Crippen molar-refractivity contribution in [3.63, 3.8) is 0 Å². The molecule has 0 aliphatic carbocycles. The van der Waals surface area contributed by atoms with E-state index in [0.29, 0.717) is 10.8 Å². The third kappa shape index (κ3) is 4.96. The fourth-order valence-electron chi connectivity index (χ4n) is 4.84. The van der Waals surface area contributed by atoms with Gasteiger partial charge in [0.25, 0.3) is 5.91 Å². The van der Waals surface area contributed by atoms with Crippen molar-refractivity contribution < 1.29 is 13.9 Å². The third-order valence-electron chi connectivity index (χ3n) is 6.46. The van der Waals surface area contributed by atoms with Gasteiger partial charge in [-0.1, -0.05) is 29.8 Å².